The molecule has 1 unspecified atom stereocenters. The quantitative estimate of drug-likeness (QED) is 0.845. The van der Waals surface area contributed by atoms with Gasteiger partial charge in [0, 0.05) is 18.9 Å². The summed E-state index contributed by atoms with van der Waals surface area (Å²) in [6.45, 7) is 2.85. The molecule has 2 fully saturated rings. The van der Waals surface area contributed by atoms with Crippen molar-refractivity contribution in [3.05, 3.63) is 0 Å². The number of Topliss-reactive ketones (excluding diaryl/α,β-unsaturated/α-hetero) is 1. The van der Waals surface area contributed by atoms with Gasteiger partial charge in [0.1, 0.15) is 5.78 Å². The molecule has 0 spiro atoms. The average Bonchev–Trinajstić information content (AvgIpc) is 2.87. The van der Waals surface area contributed by atoms with E-state index in [9.17, 15) is 18.0 Å². The molecule has 6 heteroatoms. The smallest absolute Gasteiger partial charge is 0.317 e. The lowest BCUT2D eigenvalue weighted by Crippen LogP contribution is -2.47. The van der Waals surface area contributed by atoms with Crippen LogP contribution in [0.15, 0.2) is 0 Å². The number of alkyl halides is 3. The third kappa shape index (κ3) is 4.45. The van der Waals surface area contributed by atoms with Crippen molar-refractivity contribution >= 4 is 5.78 Å². The summed E-state index contributed by atoms with van der Waals surface area (Å²) in [6.07, 6.45) is -1.14. The zero-order valence-electron chi connectivity index (χ0n) is 11.7. The van der Waals surface area contributed by atoms with Crippen molar-refractivity contribution in [3.63, 3.8) is 0 Å². The van der Waals surface area contributed by atoms with Crippen LogP contribution < -0.4 is 5.32 Å². The van der Waals surface area contributed by atoms with Gasteiger partial charge in [-0.2, -0.15) is 13.2 Å². The number of rotatable bonds is 5. The van der Waals surface area contributed by atoms with Crippen LogP contribution in [0, 0.1) is 0 Å². The topological polar surface area (TPSA) is 32.3 Å². The molecular formula is C14H23F3N2O. The van der Waals surface area contributed by atoms with E-state index in [2.05, 4.69) is 10.2 Å². The minimum absolute atomic E-state index is 0.00489. The minimum atomic E-state index is -4.15. The number of carbonyl (C=O) groups is 1. The second-order valence-electron chi connectivity index (χ2n) is 5.81. The first kappa shape index (κ1) is 15.8. The molecule has 2 aliphatic heterocycles. The van der Waals surface area contributed by atoms with Gasteiger partial charge in [-0.3, -0.25) is 9.69 Å². The first-order valence-electron chi connectivity index (χ1n) is 7.53. The van der Waals surface area contributed by atoms with E-state index in [1.807, 2.05) is 0 Å². The largest absolute Gasteiger partial charge is 0.389 e. The molecule has 0 saturated carbocycles. The van der Waals surface area contributed by atoms with Crippen molar-refractivity contribution in [2.75, 3.05) is 19.6 Å². The molecule has 0 aromatic carbocycles. The van der Waals surface area contributed by atoms with Gasteiger partial charge in [0.2, 0.25) is 0 Å². The standard InChI is InChI=1S/C14H23F3N2O/c15-14(16,17)7-1-4-13(20)12-3-2-10-19(12)11-5-8-18-9-6-11/h11-12,18H,1-10H2. The maximum atomic E-state index is 12.2. The van der Waals surface area contributed by atoms with Crippen molar-refractivity contribution in [1.29, 1.82) is 0 Å². The highest BCUT2D eigenvalue weighted by Crippen LogP contribution is 2.27. The molecule has 2 saturated heterocycles. The normalized spacial score (nSPS) is 26.1. The molecule has 1 N–H and O–H groups in total. The maximum Gasteiger partial charge on any atom is 0.389 e. The fraction of sp³-hybridized carbons (Fsp3) is 0.929. The van der Waals surface area contributed by atoms with Crippen LogP contribution in [-0.2, 0) is 4.79 Å². The van der Waals surface area contributed by atoms with E-state index in [0.717, 1.165) is 45.3 Å². The van der Waals surface area contributed by atoms with Gasteiger partial charge in [0.25, 0.3) is 0 Å². The van der Waals surface area contributed by atoms with Crippen LogP contribution in [0.5, 0.6) is 0 Å². The van der Waals surface area contributed by atoms with Gasteiger partial charge >= 0.3 is 6.18 Å². The van der Waals surface area contributed by atoms with E-state index < -0.39 is 12.6 Å². The fourth-order valence-corrected chi connectivity index (χ4v) is 3.34. The molecule has 1 atom stereocenters. The molecule has 2 rings (SSSR count). The molecule has 0 bridgehead atoms. The fourth-order valence-electron chi connectivity index (χ4n) is 3.34. The van der Waals surface area contributed by atoms with Crippen LogP contribution in [0.1, 0.15) is 44.9 Å². The molecule has 0 aromatic rings. The van der Waals surface area contributed by atoms with Gasteiger partial charge < -0.3 is 5.32 Å². The van der Waals surface area contributed by atoms with Gasteiger partial charge in [-0.25, -0.2) is 0 Å². The van der Waals surface area contributed by atoms with Crippen molar-refractivity contribution in [2.45, 2.75) is 63.2 Å². The Morgan fingerprint density at radius 1 is 1.20 bits per heavy atom. The number of halogens is 3. The second-order valence-corrected chi connectivity index (χ2v) is 5.81. The van der Waals surface area contributed by atoms with Crippen molar-refractivity contribution in [1.82, 2.24) is 10.2 Å². The Labute approximate surface area is 117 Å². The van der Waals surface area contributed by atoms with Crippen LogP contribution in [0.4, 0.5) is 13.2 Å². The molecular weight excluding hydrogens is 269 g/mol. The Bertz CT molecular complexity index is 327. The predicted octanol–water partition coefficient (Wildman–Crippen LogP) is 2.50. The number of piperidine rings is 1. The zero-order valence-corrected chi connectivity index (χ0v) is 11.7. The highest BCUT2D eigenvalue weighted by atomic mass is 19.4. The lowest BCUT2D eigenvalue weighted by Gasteiger charge is -2.35. The summed E-state index contributed by atoms with van der Waals surface area (Å²) in [6, 6.07) is 0.293. The number of nitrogens with one attached hydrogen (secondary N) is 1. The lowest BCUT2D eigenvalue weighted by atomic mass is 10.00. The van der Waals surface area contributed by atoms with Crippen LogP contribution in [0.25, 0.3) is 0 Å². The van der Waals surface area contributed by atoms with Gasteiger partial charge in [-0.05, 0) is 51.7 Å². The molecule has 0 radical (unpaired) electrons. The van der Waals surface area contributed by atoms with E-state index in [-0.39, 0.29) is 24.7 Å². The third-order valence-electron chi connectivity index (χ3n) is 4.33. The molecule has 116 valence electrons. The zero-order chi connectivity index (χ0) is 14.6. The summed E-state index contributed by atoms with van der Waals surface area (Å²) in [5.74, 6) is 0.00489. The Morgan fingerprint density at radius 2 is 1.90 bits per heavy atom. The molecule has 20 heavy (non-hydrogen) atoms. The Kier molecular flexibility index (Phi) is 5.43. The summed E-state index contributed by atoms with van der Waals surface area (Å²) < 4.78 is 36.4. The highest BCUT2D eigenvalue weighted by molar-refractivity contribution is 5.84. The lowest BCUT2D eigenvalue weighted by molar-refractivity contribution is -0.138. The van der Waals surface area contributed by atoms with Gasteiger partial charge in [0.15, 0.2) is 0 Å². The van der Waals surface area contributed by atoms with Gasteiger partial charge in [-0.1, -0.05) is 0 Å². The number of hydrogen-bond acceptors (Lipinski definition) is 3. The SMILES string of the molecule is O=C(CCCC(F)(F)F)C1CCCN1C1CCNCC1. The van der Waals surface area contributed by atoms with Crippen LogP contribution in [-0.4, -0.2) is 48.6 Å². The molecule has 3 nitrogen and oxygen atoms in total. The van der Waals surface area contributed by atoms with E-state index in [4.69, 9.17) is 0 Å². The Balaban J connectivity index is 1.81. The summed E-state index contributed by atoms with van der Waals surface area (Å²) in [5.41, 5.74) is 0. The van der Waals surface area contributed by atoms with Crippen LogP contribution in [0.2, 0.25) is 0 Å². The summed E-state index contributed by atoms with van der Waals surface area (Å²) in [5, 5.41) is 3.30. The Hall–Kier alpha value is -0.620. The molecule has 0 aliphatic carbocycles. The summed E-state index contributed by atoms with van der Waals surface area (Å²) in [4.78, 5) is 14.4. The average molecular weight is 292 g/mol. The second kappa shape index (κ2) is 6.89. The van der Waals surface area contributed by atoms with E-state index in [1.165, 1.54) is 0 Å². The van der Waals surface area contributed by atoms with Crippen molar-refractivity contribution in [3.8, 4) is 0 Å². The van der Waals surface area contributed by atoms with Crippen molar-refractivity contribution < 1.29 is 18.0 Å². The van der Waals surface area contributed by atoms with Crippen LogP contribution >= 0.6 is 0 Å². The van der Waals surface area contributed by atoms with E-state index >= 15 is 0 Å². The van der Waals surface area contributed by atoms with E-state index in [0.29, 0.717) is 6.04 Å². The summed E-state index contributed by atoms with van der Waals surface area (Å²) >= 11 is 0. The number of carbonyl (C=O) groups excluding carboxylic acids is 1. The number of nitrogens with zero attached hydrogens (tertiary/aromatic N) is 1. The van der Waals surface area contributed by atoms with Gasteiger partial charge in [-0.15, -0.1) is 0 Å². The maximum absolute atomic E-state index is 12.2. The van der Waals surface area contributed by atoms with Crippen LogP contribution in [0.3, 0.4) is 0 Å². The number of likely N-dealkylation sites (tertiary alicyclic amines) is 1. The van der Waals surface area contributed by atoms with Gasteiger partial charge in [0.05, 0.1) is 6.04 Å². The predicted molar refractivity (Wildman–Crippen MR) is 70.5 cm³/mol. The third-order valence-corrected chi connectivity index (χ3v) is 4.33. The molecule has 2 aliphatic rings. The monoisotopic (exact) mass is 292 g/mol. The number of hydrogen-bond donors (Lipinski definition) is 1. The first-order chi connectivity index (χ1) is 9.47. The highest BCUT2D eigenvalue weighted by Gasteiger charge is 2.35. The Morgan fingerprint density at radius 3 is 2.55 bits per heavy atom. The van der Waals surface area contributed by atoms with Crippen molar-refractivity contribution in [2.24, 2.45) is 0 Å². The first-order valence-corrected chi connectivity index (χ1v) is 7.53. The molecule has 0 amide bonds. The summed E-state index contributed by atoms with van der Waals surface area (Å²) in [7, 11) is 0. The minimum Gasteiger partial charge on any atom is -0.317 e. The molecule has 2 heterocycles. The number of ketones is 1. The van der Waals surface area contributed by atoms with E-state index in [1.54, 1.807) is 0 Å². The molecule has 0 aromatic heterocycles.